The molecule has 2 aromatic rings. The highest BCUT2D eigenvalue weighted by Crippen LogP contribution is 2.41. The van der Waals surface area contributed by atoms with E-state index in [1.165, 1.54) is 5.56 Å². The van der Waals surface area contributed by atoms with Crippen molar-refractivity contribution in [3.8, 4) is 0 Å². The van der Waals surface area contributed by atoms with E-state index in [0.29, 0.717) is 12.5 Å². The van der Waals surface area contributed by atoms with E-state index in [4.69, 9.17) is 11.6 Å². The summed E-state index contributed by atoms with van der Waals surface area (Å²) in [4.78, 5) is 14.7. The number of halogens is 1. The molecule has 4 rings (SSSR count). The number of aromatic nitrogens is 2. The molecule has 2 heterocycles. The Morgan fingerprint density at radius 3 is 2.84 bits per heavy atom. The summed E-state index contributed by atoms with van der Waals surface area (Å²) >= 11 is 6.06. The molecule has 1 aromatic carbocycles. The molecule has 0 spiro atoms. The van der Waals surface area contributed by atoms with E-state index >= 15 is 0 Å². The Morgan fingerprint density at radius 2 is 2.16 bits per heavy atom. The number of benzene rings is 1. The Morgan fingerprint density at radius 1 is 1.32 bits per heavy atom. The fourth-order valence-corrected chi connectivity index (χ4v) is 4.05. The number of amides is 1. The fourth-order valence-electron chi connectivity index (χ4n) is 3.84. The lowest BCUT2D eigenvalue weighted by molar-refractivity contribution is -0.129. The first kappa shape index (κ1) is 16.6. The van der Waals surface area contributed by atoms with Gasteiger partial charge in [-0.3, -0.25) is 9.48 Å². The molecule has 1 N–H and O–H groups in total. The maximum Gasteiger partial charge on any atom is 0.225 e. The lowest BCUT2D eigenvalue weighted by atomic mass is 10.0. The van der Waals surface area contributed by atoms with Crippen LogP contribution in [0.5, 0.6) is 0 Å². The van der Waals surface area contributed by atoms with Crippen LogP contribution in [0, 0.1) is 0 Å². The minimum atomic E-state index is 0.0758. The van der Waals surface area contributed by atoms with Crippen molar-refractivity contribution in [2.75, 3.05) is 6.54 Å². The van der Waals surface area contributed by atoms with Crippen LogP contribution in [-0.2, 0) is 18.3 Å². The van der Waals surface area contributed by atoms with E-state index in [0.717, 1.165) is 36.5 Å². The number of carbonyl (C=O) groups is 1. The van der Waals surface area contributed by atoms with Crippen molar-refractivity contribution in [1.82, 2.24) is 20.0 Å². The number of carbonyl (C=O) groups excluding carboxylic acids is 1. The number of likely N-dealkylation sites (tertiary alicyclic amines) is 1. The molecule has 1 aliphatic carbocycles. The van der Waals surface area contributed by atoms with Gasteiger partial charge in [0.15, 0.2) is 0 Å². The van der Waals surface area contributed by atoms with Crippen molar-refractivity contribution >= 4 is 17.5 Å². The molecular weight excluding hydrogens is 336 g/mol. The molecule has 1 amide bonds. The molecule has 2 atom stereocenters. The Labute approximate surface area is 153 Å². The summed E-state index contributed by atoms with van der Waals surface area (Å²) in [6.07, 6.45) is 5.51. The molecule has 0 bridgehead atoms. The summed E-state index contributed by atoms with van der Waals surface area (Å²) in [5.74, 6) is 0.258. The van der Waals surface area contributed by atoms with Crippen LogP contribution in [0.15, 0.2) is 36.5 Å². The van der Waals surface area contributed by atoms with Crippen LogP contribution in [0.3, 0.4) is 0 Å². The predicted octanol–water partition coefficient (Wildman–Crippen LogP) is 2.71. The normalized spacial score (nSPS) is 23.4. The molecule has 1 saturated carbocycles. The largest absolute Gasteiger partial charge is 0.329 e. The maximum atomic E-state index is 12.6. The summed E-state index contributed by atoms with van der Waals surface area (Å²) in [5.41, 5.74) is 2.32. The van der Waals surface area contributed by atoms with Crippen LogP contribution < -0.4 is 5.32 Å². The van der Waals surface area contributed by atoms with E-state index < -0.39 is 0 Å². The molecule has 5 nitrogen and oxygen atoms in total. The monoisotopic (exact) mass is 358 g/mol. The van der Waals surface area contributed by atoms with Crippen molar-refractivity contribution in [3.63, 3.8) is 0 Å². The molecule has 1 aromatic heterocycles. The molecule has 1 aliphatic heterocycles. The van der Waals surface area contributed by atoms with E-state index in [2.05, 4.69) is 21.4 Å². The number of rotatable bonds is 6. The van der Waals surface area contributed by atoms with Crippen molar-refractivity contribution < 1.29 is 4.79 Å². The first-order chi connectivity index (χ1) is 12.1. The third kappa shape index (κ3) is 3.44. The van der Waals surface area contributed by atoms with Gasteiger partial charge in [0.1, 0.15) is 0 Å². The zero-order valence-corrected chi connectivity index (χ0v) is 15.1. The average Bonchev–Trinajstić information content (AvgIpc) is 3.24. The van der Waals surface area contributed by atoms with Gasteiger partial charge < -0.3 is 10.2 Å². The number of nitrogens with zero attached hydrogens (tertiary/aromatic N) is 3. The molecule has 2 aliphatic rings. The highest BCUT2D eigenvalue weighted by molar-refractivity contribution is 6.30. The Hall–Kier alpha value is -1.85. The van der Waals surface area contributed by atoms with Crippen molar-refractivity contribution in [2.45, 2.75) is 43.8 Å². The quantitative estimate of drug-likeness (QED) is 0.863. The van der Waals surface area contributed by atoms with Gasteiger partial charge in [0.05, 0.1) is 11.7 Å². The van der Waals surface area contributed by atoms with E-state index in [1.807, 2.05) is 42.2 Å². The lowest BCUT2D eigenvalue weighted by Gasteiger charge is -2.29. The molecular formula is C19H23ClN4O. The van der Waals surface area contributed by atoms with Crippen molar-refractivity contribution in [3.05, 3.63) is 52.8 Å². The molecule has 6 heteroatoms. The molecule has 0 radical (unpaired) electrons. The zero-order chi connectivity index (χ0) is 17.4. The highest BCUT2D eigenvalue weighted by atomic mass is 35.5. The third-order valence-electron chi connectivity index (χ3n) is 5.17. The predicted molar refractivity (Wildman–Crippen MR) is 97.4 cm³/mol. The summed E-state index contributed by atoms with van der Waals surface area (Å²) in [6, 6.07) is 10.6. The maximum absolute atomic E-state index is 12.6. The van der Waals surface area contributed by atoms with Crippen LogP contribution in [0.4, 0.5) is 0 Å². The van der Waals surface area contributed by atoms with E-state index in [1.54, 1.807) is 0 Å². The first-order valence-corrected chi connectivity index (χ1v) is 9.28. The molecule has 25 heavy (non-hydrogen) atoms. The summed E-state index contributed by atoms with van der Waals surface area (Å²) < 4.78 is 1.89. The highest BCUT2D eigenvalue weighted by Gasteiger charge is 2.47. The van der Waals surface area contributed by atoms with Crippen molar-refractivity contribution in [1.29, 1.82) is 0 Å². The summed E-state index contributed by atoms with van der Waals surface area (Å²) in [5, 5.41) is 8.69. The topological polar surface area (TPSA) is 50.2 Å². The molecule has 1 saturated heterocycles. The lowest BCUT2D eigenvalue weighted by Crippen LogP contribution is -2.39. The Kier molecular flexibility index (Phi) is 4.52. The smallest absolute Gasteiger partial charge is 0.225 e. The van der Waals surface area contributed by atoms with Crippen LogP contribution in [0.1, 0.15) is 36.6 Å². The number of hydrogen-bond acceptors (Lipinski definition) is 3. The number of hydrogen-bond donors (Lipinski definition) is 1. The first-order valence-electron chi connectivity index (χ1n) is 8.90. The zero-order valence-electron chi connectivity index (χ0n) is 14.4. The van der Waals surface area contributed by atoms with Gasteiger partial charge in [-0.05, 0) is 49.6 Å². The second-order valence-electron chi connectivity index (χ2n) is 7.00. The minimum Gasteiger partial charge on any atom is -0.329 e. The van der Waals surface area contributed by atoms with Gasteiger partial charge in [-0.15, -0.1) is 0 Å². The fraction of sp³-hybridized carbons (Fsp3) is 0.474. The second-order valence-corrected chi connectivity index (χ2v) is 7.44. The molecule has 0 unspecified atom stereocenters. The van der Waals surface area contributed by atoms with Gasteiger partial charge in [-0.2, -0.15) is 5.10 Å². The summed E-state index contributed by atoms with van der Waals surface area (Å²) in [7, 11) is 1.95. The Balaban J connectivity index is 1.47. The number of nitrogens with one attached hydrogen (secondary N) is 1. The average molecular weight is 359 g/mol. The van der Waals surface area contributed by atoms with Gasteiger partial charge in [-0.25, -0.2) is 0 Å². The Bertz CT molecular complexity index is 770. The minimum absolute atomic E-state index is 0.0758. The van der Waals surface area contributed by atoms with Crippen LogP contribution >= 0.6 is 11.6 Å². The van der Waals surface area contributed by atoms with Crippen molar-refractivity contribution in [2.24, 2.45) is 7.05 Å². The van der Waals surface area contributed by atoms with Crippen LogP contribution in [-0.4, -0.2) is 39.2 Å². The van der Waals surface area contributed by atoms with Gasteiger partial charge in [0.2, 0.25) is 5.91 Å². The van der Waals surface area contributed by atoms with E-state index in [-0.39, 0.29) is 18.0 Å². The molecule has 2 fully saturated rings. The molecule has 132 valence electrons. The third-order valence-corrected chi connectivity index (χ3v) is 5.41. The van der Waals surface area contributed by atoms with Crippen LogP contribution in [0.25, 0.3) is 0 Å². The second kappa shape index (κ2) is 6.81. The van der Waals surface area contributed by atoms with Crippen LogP contribution in [0.2, 0.25) is 5.02 Å². The standard InChI is InChI=1S/C19H23ClN4O/c1-23-17(8-10-22-23)19-16(12-18(25)24(19)15-5-6-15)21-9-7-13-3-2-4-14(20)11-13/h2-4,8,10-11,15-16,19,21H,5-7,9,12H2,1H3/t16-,19-/m1/s1. The SMILES string of the molecule is Cn1nccc1[C@H]1[C@H](NCCc2cccc(Cl)c2)CC(=O)N1C1CC1. The van der Waals surface area contributed by atoms with Gasteiger partial charge in [-0.1, -0.05) is 23.7 Å². The van der Waals surface area contributed by atoms with Gasteiger partial charge >= 0.3 is 0 Å². The summed E-state index contributed by atoms with van der Waals surface area (Å²) in [6.45, 7) is 0.825. The number of aryl methyl sites for hydroxylation is 1. The van der Waals surface area contributed by atoms with Gasteiger partial charge in [0.25, 0.3) is 0 Å². The van der Waals surface area contributed by atoms with E-state index in [9.17, 15) is 4.79 Å². The van der Waals surface area contributed by atoms with Gasteiger partial charge in [0, 0.05) is 36.8 Å².